The maximum absolute atomic E-state index is 12.0. The molecule has 0 heterocycles. The van der Waals surface area contributed by atoms with Crippen LogP contribution in [0.15, 0.2) is 24.3 Å². The van der Waals surface area contributed by atoms with Crippen LogP contribution in [0.4, 0.5) is 4.79 Å². The molecular weight excluding hydrogens is 421 g/mol. The van der Waals surface area contributed by atoms with Crippen LogP contribution in [0.25, 0.3) is 0 Å². The molecule has 0 radical (unpaired) electrons. The lowest BCUT2D eigenvalue weighted by Gasteiger charge is -2.28. The Morgan fingerprint density at radius 2 is 2.00 bits per heavy atom. The van der Waals surface area contributed by atoms with E-state index in [-0.39, 0.29) is 19.0 Å². The summed E-state index contributed by atoms with van der Waals surface area (Å²) < 4.78 is 17.7. The van der Waals surface area contributed by atoms with Crippen LogP contribution in [0, 0.1) is 3.57 Å². The number of amides is 1. The third-order valence-corrected chi connectivity index (χ3v) is 4.52. The van der Waals surface area contributed by atoms with E-state index >= 15 is 0 Å². The van der Waals surface area contributed by atoms with Crippen LogP contribution in [-0.2, 0) is 14.2 Å². The van der Waals surface area contributed by atoms with E-state index in [4.69, 9.17) is 14.2 Å². The van der Waals surface area contributed by atoms with Crippen molar-refractivity contribution >= 4 is 28.7 Å². The molecule has 0 unspecified atom stereocenters. The van der Waals surface area contributed by atoms with Crippen LogP contribution in [0.2, 0.25) is 0 Å². The van der Waals surface area contributed by atoms with E-state index in [0.717, 1.165) is 34.8 Å². The van der Waals surface area contributed by atoms with Crippen molar-refractivity contribution in [2.24, 2.45) is 0 Å². The molecular formula is C18H28INO4. The van der Waals surface area contributed by atoms with E-state index in [1.54, 1.807) is 7.11 Å². The molecule has 0 spiro atoms. The topological polar surface area (TPSA) is 56.8 Å². The van der Waals surface area contributed by atoms with Crippen LogP contribution < -0.4 is 5.32 Å². The number of benzene rings is 1. The number of hydrogen-bond acceptors (Lipinski definition) is 4. The lowest BCUT2D eigenvalue weighted by molar-refractivity contribution is -0.118. The maximum atomic E-state index is 12.0. The van der Waals surface area contributed by atoms with E-state index in [9.17, 15) is 4.79 Å². The van der Waals surface area contributed by atoms with Gasteiger partial charge in [-0.1, -0.05) is 38.5 Å². The summed E-state index contributed by atoms with van der Waals surface area (Å²) in [5.74, 6) is 0. The Bertz CT molecular complexity index is 484. The number of methoxy groups -OCH3 is 1. The maximum Gasteiger partial charge on any atom is 0.407 e. The number of unbranched alkanes of at least 4 members (excludes halogenated alkanes) is 1. The summed E-state index contributed by atoms with van der Waals surface area (Å²) in [5, 5.41) is 2.77. The molecule has 24 heavy (non-hydrogen) atoms. The summed E-state index contributed by atoms with van der Waals surface area (Å²) in [6, 6.07) is 7.98. The molecule has 0 aliphatic carbocycles. The molecule has 136 valence electrons. The van der Waals surface area contributed by atoms with E-state index < -0.39 is 6.09 Å². The quantitative estimate of drug-likeness (QED) is 0.395. The van der Waals surface area contributed by atoms with Gasteiger partial charge in [0, 0.05) is 17.2 Å². The first-order valence-electron chi connectivity index (χ1n) is 8.43. The highest BCUT2D eigenvalue weighted by Crippen LogP contribution is 2.30. The molecule has 1 N–H and O–H groups in total. The summed E-state index contributed by atoms with van der Waals surface area (Å²) in [4.78, 5) is 12.0. The molecule has 5 nitrogen and oxygen atoms in total. The molecule has 1 aromatic rings. The van der Waals surface area contributed by atoms with Gasteiger partial charge in [-0.2, -0.15) is 0 Å². The van der Waals surface area contributed by atoms with Gasteiger partial charge in [0.1, 0.15) is 19.0 Å². The number of carbonyl (C=O) groups excluding carboxylic acids is 1. The molecule has 0 saturated carbocycles. The average molecular weight is 449 g/mol. The predicted molar refractivity (Wildman–Crippen MR) is 103 cm³/mol. The van der Waals surface area contributed by atoms with Crippen molar-refractivity contribution < 1.29 is 19.0 Å². The third-order valence-electron chi connectivity index (χ3n) is 3.53. The molecule has 6 heteroatoms. The second kappa shape index (κ2) is 12.5. The predicted octanol–water partition coefficient (Wildman–Crippen LogP) is 4.65. The SMILES string of the molecule is CCCC[C@H](OC(=O)NCCC)[C@@H](OCOC)c1ccccc1I. The lowest BCUT2D eigenvalue weighted by atomic mass is 10.00. The molecule has 0 saturated heterocycles. The van der Waals surface area contributed by atoms with Gasteiger partial charge in [-0.3, -0.25) is 0 Å². The third kappa shape index (κ3) is 7.36. The van der Waals surface area contributed by atoms with Crippen molar-refractivity contribution in [1.29, 1.82) is 0 Å². The normalized spacial score (nSPS) is 13.3. The van der Waals surface area contributed by atoms with Gasteiger partial charge in [0.25, 0.3) is 0 Å². The summed E-state index contributed by atoms with van der Waals surface area (Å²) in [7, 11) is 1.59. The largest absolute Gasteiger partial charge is 0.443 e. The Morgan fingerprint density at radius 1 is 1.25 bits per heavy atom. The molecule has 0 aromatic heterocycles. The van der Waals surface area contributed by atoms with E-state index in [2.05, 4.69) is 34.8 Å². The summed E-state index contributed by atoms with van der Waals surface area (Å²) >= 11 is 2.28. The van der Waals surface area contributed by atoms with Crippen molar-refractivity contribution in [3.05, 3.63) is 33.4 Å². The fourth-order valence-electron chi connectivity index (χ4n) is 2.33. The zero-order chi connectivity index (χ0) is 17.8. The van der Waals surface area contributed by atoms with Crippen LogP contribution >= 0.6 is 22.6 Å². The molecule has 1 amide bonds. The molecule has 2 atom stereocenters. The average Bonchev–Trinajstić information content (AvgIpc) is 2.59. The minimum Gasteiger partial charge on any atom is -0.443 e. The molecule has 0 aliphatic rings. The molecule has 0 aliphatic heterocycles. The Hall–Kier alpha value is -0.860. The number of nitrogens with one attached hydrogen (secondary N) is 1. The van der Waals surface area contributed by atoms with E-state index in [0.29, 0.717) is 6.54 Å². The van der Waals surface area contributed by atoms with Crippen molar-refractivity contribution in [3.8, 4) is 0 Å². The van der Waals surface area contributed by atoms with Gasteiger partial charge in [-0.05, 0) is 53.5 Å². The van der Waals surface area contributed by atoms with Crippen molar-refractivity contribution in [2.45, 2.75) is 51.7 Å². The fraction of sp³-hybridized carbons (Fsp3) is 0.611. The Labute approximate surface area is 158 Å². The number of rotatable bonds is 11. The first-order valence-corrected chi connectivity index (χ1v) is 9.51. The first-order chi connectivity index (χ1) is 11.6. The molecule has 1 aromatic carbocycles. The van der Waals surface area contributed by atoms with Crippen molar-refractivity contribution in [2.75, 3.05) is 20.4 Å². The highest BCUT2D eigenvalue weighted by molar-refractivity contribution is 14.1. The molecule has 0 bridgehead atoms. The number of alkyl carbamates (subject to hydrolysis) is 1. The first kappa shape index (κ1) is 21.2. The van der Waals surface area contributed by atoms with Gasteiger partial charge in [-0.15, -0.1) is 0 Å². The van der Waals surface area contributed by atoms with Gasteiger partial charge in [0.2, 0.25) is 0 Å². The smallest absolute Gasteiger partial charge is 0.407 e. The van der Waals surface area contributed by atoms with Crippen molar-refractivity contribution in [1.82, 2.24) is 5.32 Å². The van der Waals surface area contributed by atoms with Crippen LogP contribution in [0.3, 0.4) is 0 Å². The van der Waals surface area contributed by atoms with Crippen molar-refractivity contribution in [3.63, 3.8) is 0 Å². The number of ether oxygens (including phenoxy) is 3. The summed E-state index contributed by atoms with van der Waals surface area (Å²) in [6.45, 7) is 4.88. The highest BCUT2D eigenvalue weighted by atomic mass is 127. The number of hydrogen-bond donors (Lipinski definition) is 1. The molecule has 0 fully saturated rings. The second-order valence-corrected chi connectivity index (χ2v) is 6.69. The minimum absolute atomic E-state index is 0.151. The van der Waals surface area contributed by atoms with Gasteiger partial charge < -0.3 is 19.5 Å². The second-order valence-electron chi connectivity index (χ2n) is 5.53. The highest BCUT2D eigenvalue weighted by Gasteiger charge is 2.28. The van der Waals surface area contributed by atoms with Crippen LogP contribution in [0.1, 0.15) is 51.2 Å². The monoisotopic (exact) mass is 449 g/mol. The fourth-order valence-corrected chi connectivity index (χ4v) is 3.02. The zero-order valence-electron chi connectivity index (χ0n) is 14.7. The van der Waals surface area contributed by atoms with Gasteiger partial charge in [-0.25, -0.2) is 4.79 Å². The van der Waals surface area contributed by atoms with E-state index in [1.165, 1.54) is 0 Å². The van der Waals surface area contributed by atoms with Gasteiger partial charge >= 0.3 is 6.09 Å². The van der Waals surface area contributed by atoms with Gasteiger partial charge in [0.15, 0.2) is 0 Å². The van der Waals surface area contributed by atoms with Crippen LogP contribution in [0.5, 0.6) is 0 Å². The minimum atomic E-state index is -0.394. The summed E-state index contributed by atoms with van der Waals surface area (Å²) in [6.07, 6.45) is 2.51. The van der Waals surface area contributed by atoms with Gasteiger partial charge in [0.05, 0.1) is 0 Å². The zero-order valence-corrected chi connectivity index (χ0v) is 16.9. The lowest BCUT2D eigenvalue weighted by Crippen LogP contribution is -2.34. The number of halogens is 1. The summed E-state index contributed by atoms with van der Waals surface area (Å²) in [5.41, 5.74) is 1.01. The Balaban J connectivity index is 2.96. The molecule has 1 rings (SSSR count). The number of carbonyl (C=O) groups is 1. The Morgan fingerprint density at radius 3 is 2.62 bits per heavy atom. The van der Waals surface area contributed by atoms with E-state index in [1.807, 2.05) is 31.2 Å². The standard InChI is InChI=1S/C18H28INO4/c1-4-6-11-16(24-18(21)20-12-5-2)17(23-13-22-3)14-9-7-8-10-15(14)19/h7-10,16-17H,4-6,11-13H2,1-3H3,(H,20,21)/t16-,17-/m0/s1. The Kier molecular flexibility index (Phi) is 11.0. The van der Waals surface area contributed by atoms with Crippen LogP contribution in [-0.4, -0.2) is 32.6 Å².